The summed E-state index contributed by atoms with van der Waals surface area (Å²) in [6.07, 6.45) is 26.8. The number of unbranched alkanes of at least 4 members (excludes halogenated alkanes) is 20. The molecule has 0 bridgehead atoms. The predicted octanol–water partition coefficient (Wildman–Crippen LogP) is 10.2. The van der Waals surface area contributed by atoms with Gasteiger partial charge in [-0.1, -0.05) is 149 Å². The van der Waals surface area contributed by atoms with Crippen LogP contribution in [-0.2, 0) is 28.6 Å². The van der Waals surface area contributed by atoms with Crippen LogP contribution in [0.1, 0.15) is 188 Å². The van der Waals surface area contributed by atoms with Gasteiger partial charge in [0, 0.05) is 19.3 Å². The van der Waals surface area contributed by atoms with Gasteiger partial charge in [-0.2, -0.15) is 0 Å². The Hall–Kier alpha value is -1.59. The molecule has 0 heterocycles. The van der Waals surface area contributed by atoms with Crippen LogP contribution in [0.15, 0.2) is 0 Å². The van der Waals surface area contributed by atoms with Gasteiger partial charge in [0.15, 0.2) is 6.10 Å². The SMILES string of the molecule is CCCCCCCCCCCC(=O)OC(COC(=O)CCCCCCCCC)COC(=O)CCCCCCCCC. The van der Waals surface area contributed by atoms with E-state index in [0.717, 1.165) is 57.8 Å². The van der Waals surface area contributed by atoms with Crippen LogP contribution in [0, 0.1) is 0 Å². The second kappa shape index (κ2) is 31.3. The lowest BCUT2D eigenvalue weighted by molar-refractivity contribution is -0.167. The van der Waals surface area contributed by atoms with Gasteiger partial charge in [0.25, 0.3) is 0 Å². The summed E-state index contributed by atoms with van der Waals surface area (Å²) >= 11 is 0. The molecule has 6 nitrogen and oxygen atoms in total. The van der Waals surface area contributed by atoms with Crippen LogP contribution in [0.2, 0.25) is 0 Å². The van der Waals surface area contributed by atoms with E-state index in [-0.39, 0.29) is 31.1 Å². The van der Waals surface area contributed by atoms with Crippen LogP contribution in [0.4, 0.5) is 0 Å². The number of rotatable bonds is 31. The van der Waals surface area contributed by atoms with E-state index in [4.69, 9.17) is 14.2 Å². The first-order valence-corrected chi connectivity index (χ1v) is 17.5. The van der Waals surface area contributed by atoms with E-state index >= 15 is 0 Å². The lowest BCUT2D eigenvalue weighted by Crippen LogP contribution is -2.30. The molecule has 0 aromatic carbocycles. The summed E-state index contributed by atoms with van der Waals surface area (Å²) in [5, 5.41) is 0. The number of carbonyl (C=O) groups is 3. The lowest BCUT2D eigenvalue weighted by Gasteiger charge is -2.18. The van der Waals surface area contributed by atoms with Crippen molar-refractivity contribution in [2.24, 2.45) is 0 Å². The first-order valence-electron chi connectivity index (χ1n) is 17.5. The zero-order valence-corrected chi connectivity index (χ0v) is 27.3. The van der Waals surface area contributed by atoms with Crippen molar-refractivity contribution >= 4 is 17.9 Å². The maximum Gasteiger partial charge on any atom is 0.306 e. The Morgan fingerprint density at radius 1 is 0.390 bits per heavy atom. The van der Waals surface area contributed by atoms with E-state index in [1.165, 1.54) is 89.9 Å². The van der Waals surface area contributed by atoms with Crippen LogP contribution in [-0.4, -0.2) is 37.2 Å². The normalized spacial score (nSPS) is 11.1. The molecular weight excluding hydrogens is 516 g/mol. The van der Waals surface area contributed by atoms with Crippen molar-refractivity contribution in [3.63, 3.8) is 0 Å². The van der Waals surface area contributed by atoms with Gasteiger partial charge < -0.3 is 14.2 Å². The standard InChI is InChI=1S/C35H66O6/c1-4-7-10-13-16-17-20-23-26-29-35(38)41-32(30-39-33(36)27-24-21-18-14-11-8-5-2)31-40-34(37)28-25-22-19-15-12-9-6-3/h32H,4-31H2,1-3H3. The summed E-state index contributed by atoms with van der Waals surface area (Å²) in [5.74, 6) is -0.884. The third-order valence-electron chi connectivity index (χ3n) is 7.61. The lowest BCUT2D eigenvalue weighted by atomic mass is 10.1. The van der Waals surface area contributed by atoms with Crippen molar-refractivity contribution in [1.82, 2.24) is 0 Å². The minimum Gasteiger partial charge on any atom is -0.462 e. The highest BCUT2D eigenvalue weighted by Gasteiger charge is 2.19. The average Bonchev–Trinajstić information content (AvgIpc) is 2.96. The zero-order chi connectivity index (χ0) is 30.2. The molecule has 6 heteroatoms. The van der Waals surface area contributed by atoms with Crippen LogP contribution in [0.5, 0.6) is 0 Å². The topological polar surface area (TPSA) is 78.9 Å². The number of hydrogen-bond donors (Lipinski definition) is 0. The second-order valence-electron chi connectivity index (χ2n) is 11.8. The van der Waals surface area contributed by atoms with Crippen LogP contribution in [0.3, 0.4) is 0 Å². The minimum absolute atomic E-state index is 0.0659. The third kappa shape index (κ3) is 29.7. The molecule has 0 saturated carbocycles. The summed E-state index contributed by atoms with van der Waals surface area (Å²) in [7, 11) is 0. The zero-order valence-electron chi connectivity index (χ0n) is 27.3. The quantitative estimate of drug-likeness (QED) is 0.0459. The highest BCUT2D eigenvalue weighted by Crippen LogP contribution is 2.13. The molecule has 0 radical (unpaired) electrons. The Morgan fingerprint density at radius 2 is 0.659 bits per heavy atom. The first-order chi connectivity index (χ1) is 20.0. The molecule has 242 valence electrons. The molecule has 0 aromatic heterocycles. The number of esters is 3. The van der Waals surface area contributed by atoms with Crippen LogP contribution >= 0.6 is 0 Å². The molecular formula is C35H66O6. The smallest absolute Gasteiger partial charge is 0.306 e. The average molecular weight is 583 g/mol. The Balaban J connectivity index is 4.35. The third-order valence-corrected chi connectivity index (χ3v) is 7.61. The maximum absolute atomic E-state index is 12.5. The summed E-state index contributed by atoms with van der Waals surface area (Å²) in [5.41, 5.74) is 0. The Labute approximate surface area is 253 Å². The first kappa shape index (κ1) is 39.4. The van der Waals surface area contributed by atoms with Crippen LogP contribution in [0.25, 0.3) is 0 Å². The van der Waals surface area contributed by atoms with Gasteiger partial charge in [-0.05, 0) is 19.3 Å². The van der Waals surface area contributed by atoms with Gasteiger partial charge in [0.2, 0.25) is 0 Å². The molecule has 0 atom stereocenters. The fourth-order valence-corrected chi connectivity index (χ4v) is 4.91. The molecule has 0 fully saturated rings. The highest BCUT2D eigenvalue weighted by atomic mass is 16.6. The van der Waals surface area contributed by atoms with E-state index in [2.05, 4.69) is 20.8 Å². The summed E-state index contributed by atoms with van der Waals surface area (Å²) in [4.78, 5) is 37.0. The van der Waals surface area contributed by atoms with Crippen molar-refractivity contribution in [3.8, 4) is 0 Å². The molecule has 0 unspecified atom stereocenters. The number of hydrogen-bond acceptors (Lipinski definition) is 6. The van der Waals surface area contributed by atoms with Gasteiger partial charge in [0.05, 0.1) is 0 Å². The monoisotopic (exact) mass is 582 g/mol. The fourth-order valence-electron chi connectivity index (χ4n) is 4.91. The number of carbonyl (C=O) groups excluding carboxylic acids is 3. The molecule has 0 aliphatic carbocycles. The van der Waals surface area contributed by atoms with E-state index in [1.54, 1.807) is 0 Å². The molecule has 0 amide bonds. The van der Waals surface area contributed by atoms with Gasteiger partial charge in [-0.25, -0.2) is 0 Å². The summed E-state index contributed by atoms with van der Waals surface area (Å²) in [6.45, 7) is 6.50. The molecule has 41 heavy (non-hydrogen) atoms. The predicted molar refractivity (Wildman–Crippen MR) is 169 cm³/mol. The van der Waals surface area contributed by atoms with E-state index < -0.39 is 6.10 Å². The van der Waals surface area contributed by atoms with Gasteiger partial charge in [-0.3, -0.25) is 14.4 Å². The van der Waals surface area contributed by atoms with Gasteiger partial charge in [-0.15, -0.1) is 0 Å². The van der Waals surface area contributed by atoms with Crippen molar-refractivity contribution in [2.45, 2.75) is 194 Å². The van der Waals surface area contributed by atoms with Crippen molar-refractivity contribution < 1.29 is 28.6 Å². The Morgan fingerprint density at radius 3 is 0.976 bits per heavy atom. The fraction of sp³-hybridized carbons (Fsp3) is 0.914. The van der Waals surface area contributed by atoms with E-state index in [1.807, 2.05) is 0 Å². The second-order valence-corrected chi connectivity index (χ2v) is 11.8. The molecule has 0 aliphatic heterocycles. The van der Waals surface area contributed by atoms with E-state index in [0.29, 0.717) is 19.3 Å². The van der Waals surface area contributed by atoms with Gasteiger partial charge >= 0.3 is 17.9 Å². The summed E-state index contributed by atoms with van der Waals surface area (Å²) in [6, 6.07) is 0. The largest absolute Gasteiger partial charge is 0.462 e. The molecule has 0 aliphatic rings. The van der Waals surface area contributed by atoms with Crippen molar-refractivity contribution in [2.75, 3.05) is 13.2 Å². The Bertz CT molecular complexity index is 571. The molecule has 0 rings (SSSR count). The molecule has 0 saturated heterocycles. The highest BCUT2D eigenvalue weighted by molar-refractivity contribution is 5.71. The number of ether oxygens (including phenoxy) is 3. The molecule has 0 aromatic rings. The van der Waals surface area contributed by atoms with Crippen molar-refractivity contribution in [3.05, 3.63) is 0 Å². The summed E-state index contributed by atoms with van der Waals surface area (Å²) < 4.78 is 16.4. The molecule has 0 spiro atoms. The maximum atomic E-state index is 12.5. The molecule has 0 N–H and O–H groups in total. The van der Waals surface area contributed by atoms with Crippen LogP contribution < -0.4 is 0 Å². The van der Waals surface area contributed by atoms with Gasteiger partial charge in [0.1, 0.15) is 13.2 Å². The van der Waals surface area contributed by atoms with E-state index in [9.17, 15) is 14.4 Å². The van der Waals surface area contributed by atoms with Crippen molar-refractivity contribution in [1.29, 1.82) is 0 Å². The minimum atomic E-state index is -0.753. The Kier molecular flexibility index (Phi) is 30.1.